The summed E-state index contributed by atoms with van der Waals surface area (Å²) in [4.78, 5) is 13.0. The van der Waals surface area contributed by atoms with Crippen LogP contribution in [0.2, 0.25) is 5.02 Å². The van der Waals surface area contributed by atoms with Crippen molar-refractivity contribution in [2.24, 2.45) is 10.2 Å². The summed E-state index contributed by atoms with van der Waals surface area (Å²) in [5, 5.41) is 34.0. The van der Waals surface area contributed by atoms with Gasteiger partial charge in [-0.1, -0.05) is 54.1 Å². The maximum atomic E-state index is 13.0. The minimum absolute atomic E-state index is 0.0670. The monoisotopic (exact) mass is 445 g/mol. The Morgan fingerprint density at radius 3 is 2.41 bits per heavy atom. The Kier molecular flexibility index (Phi) is 5.79. The highest BCUT2D eigenvalue weighted by Crippen LogP contribution is 2.41. The van der Waals surface area contributed by atoms with Gasteiger partial charge in [0.2, 0.25) is 0 Å². The minimum atomic E-state index is -0.468. The molecule has 0 unspecified atom stereocenters. The number of nitrogens with zero attached hydrogens (tertiary/aromatic N) is 2. The highest BCUT2D eigenvalue weighted by molar-refractivity contribution is 6.31. The van der Waals surface area contributed by atoms with Crippen molar-refractivity contribution in [2.75, 3.05) is 5.32 Å². The smallest absolute Gasteiger partial charge is 0.259 e. The Labute approximate surface area is 189 Å². The zero-order chi connectivity index (χ0) is 22.8. The fourth-order valence-corrected chi connectivity index (χ4v) is 3.49. The molecule has 160 valence electrons. The average molecular weight is 446 g/mol. The molecule has 6 nitrogen and oxygen atoms in total. The van der Waals surface area contributed by atoms with E-state index in [1.165, 1.54) is 6.07 Å². The molecule has 0 fully saturated rings. The molecule has 0 aliphatic rings. The van der Waals surface area contributed by atoms with Crippen LogP contribution in [-0.4, -0.2) is 16.1 Å². The number of azo groups is 1. The maximum absolute atomic E-state index is 13.0. The fraction of sp³-hybridized carbons (Fsp3) is 0.0800. The molecule has 0 saturated heterocycles. The lowest BCUT2D eigenvalue weighted by atomic mass is 10.0. The molecule has 4 aromatic carbocycles. The van der Waals surface area contributed by atoms with Gasteiger partial charge in [-0.05, 0) is 48.6 Å². The molecular formula is C25H20ClN3O3. The Morgan fingerprint density at radius 2 is 1.62 bits per heavy atom. The van der Waals surface area contributed by atoms with Crippen LogP contribution in [0.25, 0.3) is 10.8 Å². The van der Waals surface area contributed by atoms with E-state index in [1.54, 1.807) is 37.3 Å². The van der Waals surface area contributed by atoms with Crippen molar-refractivity contribution in [1.29, 1.82) is 0 Å². The summed E-state index contributed by atoms with van der Waals surface area (Å²) in [6, 6.07) is 19.2. The Bertz CT molecular complexity index is 1380. The first-order chi connectivity index (χ1) is 15.3. The summed E-state index contributed by atoms with van der Waals surface area (Å²) in [6.07, 6.45) is 0. The SMILES string of the molecule is Cc1cc(N=Nc2c(O)c(C(=O)Nc3ccccc3C)cc3ccccc23)c(O)cc1Cl. The molecule has 0 bridgehead atoms. The molecule has 4 aromatic rings. The molecule has 0 spiro atoms. The van der Waals surface area contributed by atoms with E-state index >= 15 is 0 Å². The first-order valence-electron chi connectivity index (χ1n) is 9.87. The third kappa shape index (κ3) is 4.13. The second-order valence-electron chi connectivity index (χ2n) is 7.40. The Balaban J connectivity index is 1.80. The third-order valence-corrected chi connectivity index (χ3v) is 5.55. The number of hydrogen-bond donors (Lipinski definition) is 3. The molecule has 0 atom stereocenters. The quantitative estimate of drug-likeness (QED) is 0.290. The van der Waals surface area contributed by atoms with Gasteiger partial charge in [0.05, 0.1) is 5.56 Å². The number of aromatic hydroxyl groups is 2. The van der Waals surface area contributed by atoms with Crippen LogP contribution in [0, 0.1) is 13.8 Å². The number of aryl methyl sites for hydroxylation is 2. The zero-order valence-corrected chi connectivity index (χ0v) is 18.2. The first kappa shape index (κ1) is 21.3. The molecule has 0 radical (unpaired) electrons. The molecule has 0 heterocycles. The standard InChI is InChI=1S/C25H20ClN3O3/c1-14-7-3-6-10-20(14)27-25(32)18-12-16-8-4-5-9-17(16)23(24(18)31)29-28-21-11-15(2)19(26)13-22(21)30/h3-13,30-31H,1-2H3,(H,27,32). The van der Waals surface area contributed by atoms with Crippen molar-refractivity contribution in [3.8, 4) is 11.5 Å². The van der Waals surface area contributed by atoms with Crippen LogP contribution < -0.4 is 5.32 Å². The van der Waals surface area contributed by atoms with E-state index in [2.05, 4.69) is 15.5 Å². The van der Waals surface area contributed by atoms with Gasteiger partial charge in [0.15, 0.2) is 5.75 Å². The lowest BCUT2D eigenvalue weighted by Crippen LogP contribution is -2.13. The van der Waals surface area contributed by atoms with Gasteiger partial charge in [0.25, 0.3) is 5.91 Å². The van der Waals surface area contributed by atoms with Crippen LogP contribution in [0.15, 0.2) is 77.0 Å². The van der Waals surface area contributed by atoms with Gasteiger partial charge >= 0.3 is 0 Å². The van der Waals surface area contributed by atoms with E-state index in [0.717, 1.165) is 11.1 Å². The van der Waals surface area contributed by atoms with Gasteiger partial charge in [-0.15, -0.1) is 10.2 Å². The van der Waals surface area contributed by atoms with Crippen molar-refractivity contribution in [3.05, 3.63) is 88.4 Å². The third-order valence-electron chi connectivity index (χ3n) is 5.15. The summed E-state index contributed by atoms with van der Waals surface area (Å²) in [5.41, 5.74) is 2.66. The summed E-state index contributed by atoms with van der Waals surface area (Å²) in [7, 11) is 0. The number of hydrogen-bond acceptors (Lipinski definition) is 5. The molecule has 0 aromatic heterocycles. The number of anilines is 1. The van der Waals surface area contributed by atoms with Crippen LogP contribution >= 0.6 is 11.6 Å². The van der Waals surface area contributed by atoms with E-state index in [0.29, 0.717) is 21.5 Å². The number of carbonyl (C=O) groups excluding carboxylic acids is 1. The zero-order valence-electron chi connectivity index (χ0n) is 17.4. The van der Waals surface area contributed by atoms with Crippen molar-refractivity contribution < 1.29 is 15.0 Å². The average Bonchev–Trinajstić information content (AvgIpc) is 2.77. The van der Waals surface area contributed by atoms with Crippen molar-refractivity contribution in [1.82, 2.24) is 0 Å². The molecular weight excluding hydrogens is 426 g/mol. The molecule has 1 amide bonds. The first-order valence-corrected chi connectivity index (χ1v) is 10.3. The maximum Gasteiger partial charge on any atom is 0.259 e. The molecule has 32 heavy (non-hydrogen) atoms. The summed E-state index contributed by atoms with van der Waals surface area (Å²) >= 11 is 6.02. The normalized spacial score (nSPS) is 11.2. The van der Waals surface area contributed by atoms with Crippen LogP contribution in [0.5, 0.6) is 11.5 Å². The number of carbonyl (C=O) groups is 1. The number of amides is 1. The molecule has 4 rings (SSSR count). The van der Waals surface area contributed by atoms with E-state index in [-0.39, 0.29) is 28.4 Å². The number of rotatable bonds is 4. The lowest BCUT2D eigenvalue weighted by Gasteiger charge is -2.12. The number of phenolic OH excluding ortho intramolecular Hbond substituents is 2. The van der Waals surface area contributed by atoms with Crippen LogP contribution in [0.4, 0.5) is 17.1 Å². The van der Waals surface area contributed by atoms with Crippen LogP contribution in [0.3, 0.4) is 0 Å². The summed E-state index contributed by atoms with van der Waals surface area (Å²) < 4.78 is 0. The van der Waals surface area contributed by atoms with Gasteiger partial charge in [-0.3, -0.25) is 4.79 Å². The number of phenols is 2. The minimum Gasteiger partial charge on any atom is -0.506 e. The van der Waals surface area contributed by atoms with E-state index in [4.69, 9.17) is 11.6 Å². The van der Waals surface area contributed by atoms with Crippen LogP contribution in [-0.2, 0) is 0 Å². The second-order valence-corrected chi connectivity index (χ2v) is 7.81. The predicted octanol–water partition coefficient (Wildman–Crippen LogP) is 7.19. The van der Waals surface area contributed by atoms with Gasteiger partial charge in [0.1, 0.15) is 17.1 Å². The van der Waals surface area contributed by atoms with Crippen LogP contribution in [0.1, 0.15) is 21.5 Å². The van der Waals surface area contributed by atoms with Crippen molar-refractivity contribution in [2.45, 2.75) is 13.8 Å². The van der Waals surface area contributed by atoms with Crippen molar-refractivity contribution in [3.63, 3.8) is 0 Å². The number of para-hydroxylation sites is 1. The molecule has 0 aliphatic carbocycles. The highest BCUT2D eigenvalue weighted by Gasteiger charge is 2.19. The summed E-state index contributed by atoms with van der Waals surface area (Å²) in [6.45, 7) is 3.67. The van der Waals surface area contributed by atoms with E-state index in [9.17, 15) is 15.0 Å². The predicted molar refractivity (Wildman–Crippen MR) is 127 cm³/mol. The van der Waals surface area contributed by atoms with Gasteiger partial charge in [-0.2, -0.15) is 0 Å². The second kappa shape index (κ2) is 8.69. The van der Waals surface area contributed by atoms with E-state index < -0.39 is 5.91 Å². The topological polar surface area (TPSA) is 94.3 Å². The number of fused-ring (bicyclic) bond motifs is 1. The molecule has 7 heteroatoms. The highest BCUT2D eigenvalue weighted by atomic mass is 35.5. The van der Waals surface area contributed by atoms with Crippen molar-refractivity contribution >= 4 is 45.3 Å². The Morgan fingerprint density at radius 1 is 0.906 bits per heavy atom. The molecule has 0 saturated carbocycles. The largest absolute Gasteiger partial charge is 0.506 e. The van der Waals surface area contributed by atoms with Gasteiger partial charge < -0.3 is 15.5 Å². The molecule has 0 aliphatic heterocycles. The number of halogens is 1. The number of nitrogens with one attached hydrogen (secondary N) is 1. The van der Waals surface area contributed by atoms with Gasteiger partial charge in [0, 0.05) is 22.2 Å². The van der Waals surface area contributed by atoms with E-state index in [1.807, 2.05) is 37.3 Å². The number of benzene rings is 4. The molecule has 3 N–H and O–H groups in total. The van der Waals surface area contributed by atoms with Gasteiger partial charge in [-0.25, -0.2) is 0 Å². The fourth-order valence-electron chi connectivity index (χ4n) is 3.33. The lowest BCUT2D eigenvalue weighted by molar-refractivity contribution is 0.102. The Hall–Kier alpha value is -3.90. The summed E-state index contributed by atoms with van der Waals surface area (Å²) in [5.74, 6) is -0.908.